The molecule has 3 amide bonds. The number of rotatable bonds is 1. The van der Waals surface area contributed by atoms with Gasteiger partial charge in [0.25, 0.3) is 5.91 Å². The second kappa shape index (κ2) is 5.20. The highest BCUT2D eigenvalue weighted by molar-refractivity contribution is 6.07. The molecular formula is C18H31N3O2. The maximum Gasteiger partial charge on any atom is 0.325 e. The Morgan fingerprint density at radius 3 is 2.00 bits per heavy atom. The molecule has 5 heteroatoms. The van der Waals surface area contributed by atoms with Crippen LogP contribution in [0.15, 0.2) is 0 Å². The first-order chi connectivity index (χ1) is 10.6. The smallest absolute Gasteiger partial charge is 0.323 e. The molecule has 3 rings (SSSR count). The quantitative estimate of drug-likeness (QED) is 0.756. The van der Waals surface area contributed by atoms with Crippen LogP contribution in [0.4, 0.5) is 4.79 Å². The largest absolute Gasteiger partial charge is 0.325 e. The lowest BCUT2D eigenvalue weighted by Crippen LogP contribution is -2.68. The average molecular weight is 321 g/mol. The molecular weight excluding hydrogens is 290 g/mol. The highest BCUT2D eigenvalue weighted by Crippen LogP contribution is 2.45. The molecule has 2 heterocycles. The van der Waals surface area contributed by atoms with E-state index in [2.05, 4.69) is 45.0 Å². The first-order valence-electron chi connectivity index (χ1n) is 8.99. The van der Waals surface area contributed by atoms with E-state index in [4.69, 9.17) is 0 Å². The Morgan fingerprint density at radius 2 is 1.48 bits per heavy atom. The Balaban J connectivity index is 1.91. The highest BCUT2D eigenvalue weighted by Gasteiger charge is 2.61. The Hall–Kier alpha value is -1.10. The van der Waals surface area contributed by atoms with E-state index < -0.39 is 5.54 Å². The van der Waals surface area contributed by atoms with Crippen LogP contribution in [0, 0.1) is 0 Å². The van der Waals surface area contributed by atoms with Gasteiger partial charge in [0.05, 0.1) is 0 Å². The molecule has 0 aromatic heterocycles. The van der Waals surface area contributed by atoms with Crippen molar-refractivity contribution in [2.45, 2.75) is 95.3 Å². The van der Waals surface area contributed by atoms with Crippen molar-refractivity contribution in [3.63, 3.8) is 0 Å². The summed E-state index contributed by atoms with van der Waals surface area (Å²) >= 11 is 0. The number of hydrogen-bond acceptors (Lipinski definition) is 3. The second-order valence-corrected chi connectivity index (χ2v) is 9.02. The predicted molar refractivity (Wildman–Crippen MR) is 90.1 cm³/mol. The summed E-state index contributed by atoms with van der Waals surface area (Å²) in [6.07, 6.45) is 6.73. The molecule has 3 aliphatic rings. The lowest BCUT2D eigenvalue weighted by molar-refractivity contribution is -0.141. The summed E-state index contributed by atoms with van der Waals surface area (Å²) in [6, 6.07) is -0.0699. The zero-order chi connectivity index (χ0) is 17.0. The van der Waals surface area contributed by atoms with Crippen LogP contribution in [0.1, 0.15) is 72.6 Å². The van der Waals surface area contributed by atoms with Crippen LogP contribution in [0.25, 0.3) is 0 Å². The second-order valence-electron chi connectivity index (χ2n) is 9.02. The third-order valence-electron chi connectivity index (χ3n) is 6.42. The molecule has 5 nitrogen and oxygen atoms in total. The molecule has 130 valence electrons. The lowest BCUT2D eigenvalue weighted by atomic mass is 9.69. The van der Waals surface area contributed by atoms with E-state index in [1.807, 2.05) is 0 Å². The molecule has 1 aliphatic carbocycles. The van der Waals surface area contributed by atoms with E-state index >= 15 is 0 Å². The number of carbonyl (C=O) groups excluding carboxylic acids is 2. The van der Waals surface area contributed by atoms with Gasteiger partial charge in [0.1, 0.15) is 5.54 Å². The van der Waals surface area contributed by atoms with Crippen molar-refractivity contribution in [2.24, 2.45) is 0 Å². The Bertz CT molecular complexity index is 502. The van der Waals surface area contributed by atoms with Crippen LogP contribution in [0.5, 0.6) is 0 Å². The van der Waals surface area contributed by atoms with Crippen molar-refractivity contribution < 1.29 is 9.59 Å². The van der Waals surface area contributed by atoms with Gasteiger partial charge < -0.3 is 5.32 Å². The molecule has 0 aromatic rings. The molecule has 1 saturated carbocycles. The standard InChI is InChI=1S/C18H31N3O2/c1-16(2)11-18(12-17(3,4)20(16)5)14(22)21(15(23)19-18)13-9-7-6-8-10-13/h13H,6-12H2,1-5H3,(H,19,23). The van der Waals surface area contributed by atoms with Gasteiger partial charge in [0.2, 0.25) is 0 Å². The van der Waals surface area contributed by atoms with Crippen molar-refractivity contribution in [3.8, 4) is 0 Å². The van der Waals surface area contributed by atoms with Gasteiger partial charge in [-0.25, -0.2) is 4.79 Å². The van der Waals surface area contributed by atoms with Crippen molar-refractivity contribution in [2.75, 3.05) is 7.05 Å². The summed E-state index contributed by atoms with van der Waals surface area (Å²) < 4.78 is 0. The number of likely N-dealkylation sites (tertiary alicyclic amines) is 1. The first kappa shape index (κ1) is 16.7. The van der Waals surface area contributed by atoms with Gasteiger partial charge in [-0.15, -0.1) is 0 Å². The first-order valence-corrected chi connectivity index (χ1v) is 8.99. The monoisotopic (exact) mass is 321 g/mol. The van der Waals surface area contributed by atoms with Crippen molar-refractivity contribution in [1.82, 2.24) is 15.1 Å². The number of nitrogens with zero attached hydrogens (tertiary/aromatic N) is 2. The molecule has 23 heavy (non-hydrogen) atoms. The van der Waals surface area contributed by atoms with Gasteiger partial charge in [-0.1, -0.05) is 19.3 Å². The van der Waals surface area contributed by atoms with Gasteiger partial charge in [0, 0.05) is 17.1 Å². The molecule has 0 radical (unpaired) electrons. The van der Waals surface area contributed by atoms with Gasteiger partial charge in [-0.2, -0.15) is 0 Å². The third-order valence-corrected chi connectivity index (χ3v) is 6.42. The highest BCUT2D eigenvalue weighted by atomic mass is 16.2. The summed E-state index contributed by atoms with van der Waals surface area (Å²) in [5.41, 5.74) is -0.991. The zero-order valence-corrected chi connectivity index (χ0v) is 15.2. The van der Waals surface area contributed by atoms with Crippen molar-refractivity contribution in [3.05, 3.63) is 0 Å². The number of imide groups is 1. The molecule has 2 aliphatic heterocycles. The van der Waals surface area contributed by atoms with Crippen LogP contribution in [-0.2, 0) is 4.79 Å². The number of amides is 3. The van der Waals surface area contributed by atoms with Crippen LogP contribution in [0.3, 0.4) is 0 Å². The van der Waals surface area contributed by atoms with E-state index in [1.54, 1.807) is 4.90 Å². The minimum absolute atomic E-state index is 0.0173. The molecule has 0 bridgehead atoms. The van der Waals surface area contributed by atoms with E-state index in [9.17, 15) is 9.59 Å². The summed E-state index contributed by atoms with van der Waals surface area (Å²) in [4.78, 5) is 29.8. The fraction of sp³-hybridized carbons (Fsp3) is 0.889. The molecule has 0 atom stereocenters. The zero-order valence-electron chi connectivity index (χ0n) is 15.2. The normalized spacial score (nSPS) is 30.7. The SMILES string of the molecule is CN1C(C)(C)CC2(CC1(C)C)NC(=O)N(C1CCCCC1)C2=O. The van der Waals surface area contributed by atoms with Crippen molar-refractivity contribution in [1.29, 1.82) is 0 Å². The fourth-order valence-electron chi connectivity index (χ4n) is 5.15. The van der Waals surface area contributed by atoms with E-state index in [1.165, 1.54) is 6.42 Å². The summed E-state index contributed by atoms with van der Waals surface area (Å²) in [5.74, 6) is 0.0173. The number of urea groups is 1. The third kappa shape index (κ3) is 2.57. The van der Waals surface area contributed by atoms with Gasteiger partial charge >= 0.3 is 6.03 Å². The van der Waals surface area contributed by atoms with E-state index in [0.29, 0.717) is 12.8 Å². The van der Waals surface area contributed by atoms with Gasteiger partial charge in [-0.3, -0.25) is 14.6 Å². The Morgan fingerprint density at radius 1 is 0.957 bits per heavy atom. The minimum Gasteiger partial charge on any atom is -0.323 e. The average Bonchev–Trinajstić information content (AvgIpc) is 2.67. The van der Waals surface area contributed by atoms with Crippen LogP contribution in [-0.4, -0.2) is 51.4 Å². The van der Waals surface area contributed by atoms with Crippen LogP contribution in [0.2, 0.25) is 0 Å². The van der Waals surface area contributed by atoms with Gasteiger partial charge in [0.15, 0.2) is 0 Å². The molecule has 2 saturated heterocycles. The van der Waals surface area contributed by atoms with Gasteiger partial charge in [-0.05, 0) is 60.4 Å². The Labute approximate surface area is 139 Å². The number of hydrogen-bond donors (Lipinski definition) is 1. The summed E-state index contributed by atoms with van der Waals surface area (Å²) in [7, 11) is 2.12. The fourth-order valence-corrected chi connectivity index (χ4v) is 5.15. The lowest BCUT2D eigenvalue weighted by Gasteiger charge is -2.56. The Kier molecular flexibility index (Phi) is 3.79. The molecule has 1 spiro atoms. The van der Waals surface area contributed by atoms with E-state index in [-0.39, 0.29) is 29.1 Å². The van der Waals surface area contributed by atoms with E-state index in [0.717, 1.165) is 25.7 Å². The van der Waals surface area contributed by atoms with Crippen LogP contribution >= 0.6 is 0 Å². The maximum atomic E-state index is 13.3. The topological polar surface area (TPSA) is 52.7 Å². The van der Waals surface area contributed by atoms with Crippen molar-refractivity contribution >= 4 is 11.9 Å². The maximum absolute atomic E-state index is 13.3. The van der Waals surface area contributed by atoms with Crippen LogP contribution < -0.4 is 5.32 Å². The number of nitrogens with one attached hydrogen (secondary N) is 1. The summed E-state index contributed by atoms with van der Waals surface area (Å²) in [6.45, 7) is 8.66. The molecule has 3 fully saturated rings. The predicted octanol–water partition coefficient (Wildman–Crippen LogP) is 2.89. The molecule has 0 aromatic carbocycles. The number of piperidine rings is 1. The molecule has 0 unspecified atom stereocenters. The molecule has 1 N–H and O–H groups in total. The minimum atomic E-state index is -0.728. The summed E-state index contributed by atoms with van der Waals surface area (Å²) in [5, 5.41) is 3.11. The number of carbonyl (C=O) groups is 2.